The molecule has 2 fully saturated rings. The van der Waals surface area contributed by atoms with E-state index in [1.807, 2.05) is 0 Å². The van der Waals surface area contributed by atoms with Crippen molar-refractivity contribution in [1.29, 1.82) is 0 Å². The van der Waals surface area contributed by atoms with Crippen LogP contribution in [0.3, 0.4) is 0 Å². The third kappa shape index (κ3) is 8.45. The van der Waals surface area contributed by atoms with E-state index in [0.717, 1.165) is 25.7 Å². The Morgan fingerprint density at radius 3 is 1.33 bits per heavy atom. The molecule has 15 rings (SSSR count). The first-order valence-electron chi connectivity index (χ1n) is 34.0. The molecule has 456 valence electrons. The molecule has 4 unspecified atom stereocenters. The van der Waals surface area contributed by atoms with E-state index in [9.17, 15) is 0 Å². The van der Waals surface area contributed by atoms with Crippen molar-refractivity contribution in [2.24, 2.45) is 0 Å². The van der Waals surface area contributed by atoms with Crippen molar-refractivity contribution in [3.63, 3.8) is 0 Å². The van der Waals surface area contributed by atoms with Gasteiger partial charge in [0.05, 0.1) is 11.1 Å². The third-order valence-corrected chi connectivity index (χ3v) is 23.1. The van der Waals surface area contributed by atoms with Gasteiger partial charge in [-0.3, -0.25) is 0 Å². The molecule has 4 atom stereocenters. The zero-order valence-corrected chi connectivity index (χ0v) is 56.5. The van der Waals surface area contributed by atoms with Gasteiger partial charge in [0.15, 0.2) is 0 Å². The van der Waals surface area contributed by atoms with Crippen LogP contribution in [-0.2, 0) is 32.5 Å². The van der Waals surface area contributed by atoms with Crippen molar-refractivity contribution in [3.8, 4) is 0 Å². The molecule has 4 heterocycles. The number of anilines is 10. The van der Waals surface area contributed by atoms with Gasteiger partial charge in [-0.25, -0.2) is 0 Å². The average Bonchev–Trinajstić information content (AvgIpc) is 1.40. The van der Waals surface area contributed by atoms with Gasteiger partial charge in [-0.15, -0.1) is 0 Å². The lowest BCUT2D eigenvalue weighted by Crippen LogP contribution is -2.62. The highest BCUT2D eigenvalue weighted by Crippen LogP contribution is 2.67. The van der Waals surface area contributed by atoms with Gasteiger partial charge in [0, 0.05) is 67.7 Å². The van der Waals surface area contributed by atoms with Crippen LogP contribution >= 0.6 is 0 Å². The van der Waals surface area contributed by atoms with Crippen molar-refractivity contribution in [2.75, 3.05) is 19.6 Å². The molecule has 90 heavy (non-hydrogen) atoms. The molecule has 4 nitrogen and oxygen atoms in total. The number of hydrogen-bond acceptors (Lipinski definition) is 4. The summed E-state index contributed by atoms with van der Waals surface area (Å²) in [5, 5.41) is 0. The maximum absolute atomic E-state index is 2.88. The van der Waals surface area contributed by atoms with Crippen LogP contribution in [0.15, 0.2) is 194 Å². The molecule has 0 bridgehead atoms. The Morgan fingerprint density at radius 1 is 0.333 bits per heavy atom. The molecule has 4 aliphatic heterocycles. The number of fused-ring (bicyclic) bond motifs is 10. The highest BCUT2D eigenvalue weighted by molar-refractivity contribution is 7.00. The van der Waals surface area contributed by atoms with Crippen LogP contribution in [-0.4, -0.2) is 17.8 Å². The van der Waals surface area contributed by atoms with Crippen molar-refractivity contribution in [3.05, 3.63) is 244 Å². The fourth-order valence-corrected chi connectivity index (χ4v) is 18.4. The Hall–Kier alpha value is -7.76. The molecule has 5 heteroatoms. The molecule has 0 amide bonds. The number of benzene rings is 9. The minimum absolute atomic E-state index is 0.0216. The Labute approximate surface area is 539 Å². The number of aryl methyl sites for hydroxylation is 1. The first kappa shape index (κ1) is 58.6. The van der Waals surface area contributed by atoms with E-state index < -0.39 is 0 Å². The lowest BCUT2D eigenvalue weighted by molar-refractivity contribution is 0.215. The SMILES string of the molecule is Cc1ccc2c(c1)C1(c3ccccc3)CCCCC1(C)N2c1ccc2c(c1)N(c1ccc(C(C)(C)C)cc1)c1cc(N3c4ccc(C(C)(C)C)cc4C4(c5ccccc5)CCCCC34C)cc3c1B2c1ccc(C(C)(C)C)cc1N3c1cccc(C(C)(C)C)c1. The van der Waals surface area contributed by atoms with Gasteiger partial charge in [-0.2, -0.15) is 0 Å². The van der Waals surface area contributed by atoms with E-state index in [0.29, 0.717) is 0 Å². The molecular weight excluding hydrogens is 1090 g/mol. The lowest BCUT2D eigenvalue weighted by atomic mass is 9.33. The maximum atomic E-state index is 2.88. The summed E-state index contributed by atoms with van der Waals surface area (Å²) in [6.45, 7) is 35.9. The Balaban J connectivity index is 1.06. The molecule has 0 saturated heterocycles. The topological polar surface area (TPSA) is 13.0 Å². The second-order valence-electron chi connectivity index (χ2n) is 32.5. The summed E-state index contributed by atoms with van der Waals surface area (Å²) < 4.78 is 0. The molecular formula is C85H93BN4. The van der Waals surface area contributed by atoms with E-state index in [-0.39, 0.29) is 50.3 Å². The predicted molar refractivity (Wildman–Crippen MR) is 385 cm³/mol. The summed E-state index contributed by atoms with van der Waals surface area (Å²) in [6, 6.07) is 78.0. The smallest absolute Gasteiger partial charge is 0.252 e. The van der Waals surface area contributed by atoms with E-state index in [4.69, 9.17) is 0 Å². The van der Waals surface area contributed by atoms with Gasteiger partial charge in [-0.05, 0) is 196 Å². The van der Waals surface area contributed by atoms with Gasteiger partial charge in [0.1, 0.15) is 0 Å². The first-order chi connectivity index (χ1) is 42.8. The van der Waals surface area contributed by atoms with Crippen molar-refractivity contribution in [1.82, 2.24) is 0 Å². The van der Waals surface area contributed by atoms with Crippen LogP contribution in [0, 0.1) is 6.92 Å². The zero-order chi connectivity index (χ0) is 62.9. The molecule has 0 aromatic heterocycles. The molecule has 0 radical (unpaired) electrons. The molecule has 6 aliphatic rings. The van der Waals surface area contributed by atoms with Crippen molar-refractivity contribution in [2.45, 2.75) is 199 Å². The summed E-state index contributed by atoms with van der Waals surface area (Å²) >= 11 is 0. The van der Waals surface area contributed by atoms with Gasteiger partial charge >= 0.3 is 0 Å². The minimum Gasteiger partial charge on any atom is -0.334 e. The molecule has 0 spiro atoms. The summed E-state index contributed by atoms with van der Waals surface area (Å²) in [7, 11) is 0. The maximum Gasteiger partial charge on any atom is 0.252 e. The second kappa shape index (κ2) is 20.1. The average molecular weight is 1180 g/mol. The fourth-order valence-electron chi connectivity index (χ4n) is 18.4. The van der Waals surface area contributed by atoms with Crippen LogP contribution in [0.2, 0.25) is 0 Å². The Kier molecular flexibility index (Phi) is 13.1. The largest absolute Gasteiger partial charge is 0.334 e. The molecule has 2 aliphatic carbocycles. The van der Waals surface area contributed by atoms with Gasteiger partial charge in [0.2, 0.25) is 0 Å². The van der Waals surface area contributed by atoms with E-state index >= 15 is 0 Å². The number of rotatable bonds is 6. The standard InChI is InChI=1S/C85H93BN4/c1-56-33-43-71-67(49-56)84(58-27-18-16-19-28-58)47-24-22-45-82(84,14)89(71)65-40-42-70-74(53-65)87(63-38-34-57(35-39-63)78(2,3)4)75-54-66(90-72-44-37-61(80(8,9)10)51-68(72)85(59-29-20-17-21-30-59)48-25-23-46-83(85,90)15)55-76-77(75)86(70)69-41-36-62(81(11,12)13)52-73(69)88(76)64-32-26-31-60(50-64)79(5,6)7/h16-21,26-44,49-55H,22-25,45-48H2,1-15H3. The lowest BCUT2D eigenvalue weighted by Gasteiger charge is -2.53. The molecule has 9 aromatic carbocycles. The van der Waals surface area contributed by atoms with Crippen LogP contribution in [0.4, 0.5) is 56.9 Å². The number of hydrogen-bond donors (Lipinski definition) is 0. The Morgan fingerprint density at radius 2 is 0.767 bits per heavy atom. The Bertz CT molecular complexity index is 4320. The van der Waals surface area contributed by atoms with Gasteiger partial charge in [-0.1, -0.05) is 242 Å². The van der Waals surface area contributed by atoms with Crippen LogP contribution in [0.25, 0.3) is 0 Å². The second-order valence-corrected chi connectivity index (χ2v) is 32.5. The monoisotopic (exact) mass is 1180 g/mol. The van der Waals surface area contributed by atoms with Crippen LogP contribution in [0.1, 0.15) is 198 Å². The zero-order valence-electron chi connectivity index (χ0n) is 56.5. The first-order valence-corrected chi connectivity index (χ1v) is 34.0. The van der Waals surface area contributed by atoms with Crippen molar-refractivity contribution < 1.29 is 0 Å². The van der Waals surface area contributed by atoms with E-state index in [2.05, 4.69) is 318 Å². The van der Waals surface area contributed by atoms with Gasteiger partial charge < -0.3 is 19.6 Å². The molecule has 0 N–H and O–H groups in total. The molecule has 2 saturated carbocycles. The quantitative estimate of drug-likeness (QED) is 0.154. The summed E-state index contributed by atoms with van der Waals surface area (Å²) in [6.07, 6.45) is 9.11. The van der Waals surface area contributed by atoms with E-state index in [1.54, 1.807) is 0 Å². The van der Waals surface area contributed by atoms with Crippen LogP contribution < -0.4 is 36.0 Å². The predicted octanol–water partition coefficient (Wildman–Crippen LogP) is 20.8. The van der Waals surface area contributed by atoms with E-state index in [1.165, 1.54) is 149 Å². The summed E-state index contributed by atoms with van der Waals surface area (Å²) in [5.41, 5.74) is 27.9. The minimum atomic E-state index is -0.310. The third-order valence-electron chi connectivity index (χ3n) is 23.1. The highest BCUT2D eigenvalue weighted by atomic mass is 15.3. The summed E-state index contributed by atoms with van der Waals surface area (Å²) in [4.78, 5) is 11.1. The number of nitrogens with zero attached hydrogens (tertiary/aromatic N) is 4. The van der Waals surface area contributed by atoms with Gasteiger partial charge in [0.25, 0.3) is 6.71 Å². The normalized spacial score (nSPS) is 22.5. The molecule has 9 aromatic rings. The highest BCUT2D eigenvalue weighted by Gasteiger charge is 2.63. The van der Waals surface area contributed by atoms with Crippen LogP contribution in [0.5, 0.6) is 0 Å². The van der Waals surface area contributed by atoms with Crippen molar-refractivity contribution >= 4 is 80.0 Å². The fraction of sp³-hybridized carbons (Fsp3) is 0.365. The summed E-state index contributed by atoms with van der Waals surface area (Å²) in [5.74, 6) is 0.